The van der Waals surface area contributed by atoms with Gasteiger partial charge < -0.3 is 9.53 Å². The van der Waals surface area contributed by atoms with Crippen molar-refractivity contribution in [3.8, 4) is 0 Å². The van der Waals surface area contributed by atoms with Crippen LogP contribution >= 0.6 is 0 Å². The molecule has 3 nitrogen and oxygen atoms in total. The summed E-state index contributed by atoms with van der Waals surface area (Å²) in [5.74, 6) is 0.455. The van der Waals surface area contributed by atoms with Crippen LogP contribution in [0.5, 0.6) is 0 Å². The molecule has 0 rings (SSSR count). The zero-order valence-electron chi connectivity index (χ0n) is 11.6. The lowest BCUT2D eigenvalue weighted by Crippen LogP contribution is -2.23. The van der Waals surface area contributed by atoms with E-state index in [2.05, 4.69) is 6.92 Å². The summed E-state index contributed by atoms with van der Waals surface area (Å²) in [6.45, 7) is 7.79. The monoisotopic (exact) mass is 242 g/mol. The van der Waals surface area contributed by atoms with Gasteiger partial charge >= 0.3 is 5.97 Å². The number of esters is 1. The van der Waals surface area contributed by atoms with Crippen molar-refractivity contribution in [1.82, 2.24) is 0 Å². The lowest BCUT2D eigenvalue weighted by Gasteiger charge is -2.19. The molecule has 1 atom stereocenters. The average Bonchev–Trinajstić information content (AvgIpc) is 2.19. The molecule has 0 heterocycles. The number of rotatable bonds is 8. The van der Waals surface area contributed by atoms with Crippen LogP contribution in [0.1, 0.15) is 66.2 Å². The molecule has 17 heavy (non-hydrogen) atoms. The van der Waals surface area contributed by atoms with E-state index in [1.807, 2.05) is 20.8 Å². The molecule has 0 radical (unpaired) electrons. The van der Waals surface area contributed by atoms with E-state index in [0.717, 1.165) is 32.0 Å². The summed E-state index contributed by atoms with van der Waals surface area (Å²) in [6.07, 6.45) is 6.05. The van der Waals surface area contributed by atoms with E-state index in [0.29, 0.717) is 18.8 Å². The number of hydrogen-bond donors (Lipinski definition) is 0. The van der Waals surface area contributed by atoms with Crippen molar-refractivity contribution in [2.45, 2.75) is 71.8 Å². The van der Waals surface area contributed by atoms with Gasteiger partial charge in [-0.3, -0.25) is 4.79 Å². The van der Waals surface area contributed by atoms with E-state index in [9.17, 15) is 9.59 Å². The number of hydrogen-bond acceptors (Lipinski definition) is 3. The normalized spacial score (nSPS) is 13.2. The molecule has 0 aliphatic heterocycles. The van der Waals surface area contributed by atoms with Gasteiger partial charge in [0, 0.05) is 12.8 Å². The highest BCUT2D eigenvalue weighted by Gasteiger charge is 2.15. The molecule has 0 unspecified atom stereocenters. The first kappa shape index (κ1) is 16.1. The van der Waals surface area contributed by atoms with Crippen LogP contribution in [0.3, 0.4) is 0 Å². The molecule has 0 bridgehead atoms. The Bertz CT molecular complexity index is 228. The predicted octanol–water partition coefficient (Wildman–Crippen LogP) is 3.50. The Balaban J connectivity index is 3.51. The second-order valence-electron chi connectivity index (χ2n) is 5.68. The maximum atomic E-state index is 11.4. The van der Waals surface area contributed by atoms with Crippen molar-refractivity contribution in [2.24, 2.45) is 5.92 Å². The minimum absolute atomic E-state index is 0.113. The van der Waals surface area contributed by atoms with Gasteiger partial charge in [0.15, 0.2) is 0 Å². The van der Waals surface area contributed by atoms with Gasteiger partial charge in [-0.1, -0.05) is 19.8 Å². The number of carbonyl (C=O) groups excluding carboxylic acids is 2. The largest absolute Gasteiger partial charge is 0.460 e. The second kappa shape index (κ2) is 8.26. The van der Waals surface area contributed by atoms with Gasteiger partial charge in [0.05, 0.1) is 0 Å². The topological polar surface area (TPSA) is 43.4 Å². The Morgan fingerprint density at radius 2 is 1.88 bits per heavy atom. The van der Waals surface area contributed by atoms with Crippen LogP contribution in [0.15, 0.2) is 0 Å². The van der Waals surface area contributed by atoms with Crippen molar-refractivity contribution in [3.63, 3.8) is 0 Å². The van der Waals surface area contributed by atoms with E-state index in [1.165, 1.54) is 0 Å². The molecule has 0 saturated carbocycles. The molecule has 0 aromatic heterocycles. The molecule has 0 spiro atoms. The van der Waals surface area contributed by atoms with Crippen LogP contribution in [0.2, 0.25) is 0 Å². The summed E-state index contributed by atoms with van der Waals surface area (Å²) in [7, 11) is 0. The molecule has 0 aliphatic rings. The molecule has 100 valence electrons. The van der Waals surface area contributed by atoms with Gasteiger partial charge in [0.2, 0.25) is 0 Å². The smallest absolute Gasteiger partial charge is 0.306 e. The molecular formula is C14H26O3. The summed E-state index contributed by atoms with van der Waals surface area (Å²) < 4.78 is 5.22. The lowest BCUT2D eigenvalue weighted by molar-refractivity contribution is -0.154. The average molecular weight is 242 g/mol. The molecule has 0 amide bonds. The minimum Gasteiger partial charge on any atom is -0.460 e. The number of ether oxygens (including phenoxy) is 1. The highest BCUT2D eigenvalue weighted by Crippen LogP contribution is 2.15. The molecule has 3 heteroatoms. The van der Waals surface area contributed by atoms with Crippen LogP contribution in [0.25, 0.3) is 0 Å². The summed E-state index contributed by atoms with van der Waals surface area (Å²) in [5, 5.41) is 0. The van der Waals surface area contributed by atoms with Crippen molar-refractivity contribution < 1.29 is 14.3 Å². The summed E-state index contributed by atoms with van der Waals surface area (Å²) in [6, 6.07) is 0. The highest BCUT2D eigenvalue weighted by atomic mass is 16.6. The minimum atomic E-state index is -0.381. The molecule has 0 fully saturated rings. The molecule has 0 aliphatic carbocycles. The Kier molecular flexibility index (Phi) is 7.85. The number of carbonyl (C=O) groups is 2. The third kappa shape index (κ3) is 11.4. The Morgan fingerprint density at radius 3 is 2.41 bits per heavy atom. The van der Waals surface area contributed by atoms with E-state index in [4.69, 9.17) is 4.74 Å². The fraction of sp³-hybridized carbons (Fsp3) is 0.857. The zero-order chi connectivity index (χ0) is 13.3. The second-order valence-corrected chi connectivity index (χ2v) is 5.68. The molecule has 0 N–H and O–H groups in total. The SMILES string of the molecule is C[C@@H](CCC=O)CCCCC(=O)OC(C)(C)C. The van der Waals surface area contributed by atoms with Crippen LogP contribution in [-0.2, 0) is 14.3 Å². The molecule has 0 aromatic carbocycles. The first-order chi connectivity index (χ1) is 7.85. The summed E-state index contributed by atoms with van der Waals surface area (Å²) in [4.78, 5) is 21.6. The Hall–Kier alpha value is -0.860. The van der Waals surface area contributed by atoms with Gasteiger partial charge in [0.25, 0.3) is 0 Å². The van der Waals surface area contributed by atoms with Gasteiger partial charge in [-0.15, -0.1) is 0 Å². The highest BCUT2D eigenvalue weighted by molar-refractivity contribution is 5.69. The fourth-order valence-corrected chi connectivity index (χ4v) is 1.65. The maximum Gasteiger partial charge on any atom is 0.306 e. The first-order valence-corrected chi connectivity index (χ1v) is 6.50. The van der Waals surface area contributed by atoms with Gasteiger partial charge in [-0.25, -0.2) is 0 Å². The molecule has 0 saturated heterocycles. The van der Waals surface area contributed by atoms with Crippen LogP contribution < -0.4 is 0 Å². The maximum absolute atomic E-state index is 11.4. The Labute approximate surface area is 105 Å². The lowest BCUT2D eigenvalue weighted by atomic mass is 9.98. The summed E-state index contributed by atoms with van der Waals surface area (Å²) in [5.41, 5.74) is -0.381. The standard InChI is InChI=1S/C14H26O3/c1-12(9-7-11-15)8-5-6-10-13(16)17-14(2,3)4/h11-12H,5-10H2,1-4H3/t12-/m1/s1. The van der Waals surface area contributed by atoms with Gasteiger partial charge in [0.1, 0.15) is 11.9 Å². The van der Waals surface area contributed by atoms with Crippen LogP contribution in [0, 0.1) is 5.92 Å². The molecule has 0 aromatic rings. The van der Waals surface area contributed by atoms with E-state index < -0.39 is 0 Å². The first-order valence-electron chi connectivity index (χ1n) is 6.50. The van der Waals surface area contributed by atoms with Crippen molar-refractivity contribution >= 4 is 12.3 Å². The van der Waals surface area contributed by atoms with Gasteiger partial charge in [-0.2, -0.15) is 0 Å². The van der Waals surface area contributed by atoms with E-state index >= 15 is 0 Å². The van der Waals surface area contributed by atoms with E-state index in [-0.39, 0.29) is 11.6 Å². The van der Waals surface area contributed by atoms with Crippen LogP contribution in [-0.4, -0.2) is 17.9 Å². The molecular weight excluding hydrogens is 216 g/mol. The van der Waals surface area contributed by atoms with E-state index in [1.54, 1.807) is 0 Å². The Morgan fingerprint density at radius 1 is 1.24 bits per heavy atom. The van der Waals surface area contributed by atoms with Gasteiger partial charge in [-0.05, 0) is 39.5 Å². The number of unbranched alkanes of at least 4 members (excludes halogenated alkanes) is 1. The van der Waals surface area contributed by atoms with Crippen molar-refractivity contribution in [3.05, 3.63) is 0 Å². The quantitative estimate of drug-likeness (QED) is 0.371. The van der Waals surface area contributed by atoms with Crippen LogP contribution in [0.4, 0.5) is 0 Å². The third-order valence-corrected chi connectivity index (χ3v) is 2.53. The zero-order valence-corrected chi connectivity index (χ0v) is 11.6. The number of aldehydes is 1. The van der Waals surface area contributed by atoms with Crippen molar-refractivity contribution in [1.29, 1.82) is 0 Å². The van der Waals surface area contributed by atoms with Crippen molar-refractivity contribution in [2.75, 3.05) is 0 Å². The fourth-order valence-electron chi connectivity index (χ4n) is 1.65. The third-order valence-electron chi connectivity index (χ3n) is 2.53. The summed E-state index contributed by atoms with van der Waals surface area (Å²) >= 11 is 0. The predicted molar refractivity (Wildman–Crippen MR) is 68.8 cm³/mol.